The topological polar surface area (TPSA) is 101 Å². The van der Waals surface area contributed by atoms with Crippen molar-refractivity contribution in [3.8, 4) is 0 Å². The summed E-state index contributed by atoms with van der Waals surface area (Å²) in [4.78, 5) is 24.8. The summed E-state index contributed by atoms with van der Waals surface area (Å²) in [6.07, 6.45) is 2.22. The molecule has 10 heteroatoms. The van der Waals surface area contributed by atoms with Crippen LogP contribution in [0.5, 0.6) is 0 Å². The normalized spacial score (nSPS) is 10.1. The van der Waals surface area contributed by atoms with Gasteiger partial charge in [0, 0.05) is 32.8 Å². The van der Waals surface area contributed by atoms with Gasteiger partial charge in [-0.25, -0.2) is 4.68 Å². The molecule has 0 aliphatic heterocycles. The van der Waals surface area contributed by atoms with E-state index in [-0.39, 0.29) is 31.9 Å². The molecule has 138 valence electrons. The van der Waals surface area contributed by atoms with Gasteiger partial charge >= 0.3 is 0 Å². The SMILES string of the molecule is CNCCC(=O)N(C)CC(=O)NCCOCCn1cc(C)nn1.S. The van der Waals surface area contributed by atoms with Crippen LogP contribution in [0.2, 0.25) is 0 Å². The fraction of sp³-hybridized carbons (Fsp3) is 0.714. The number of ether oxygens (including phenoxy) is 1. The van der Waals surface area contributed by atoms with E-state index >= 15 is 0 Å². The van der Waals surface area contributed by atoms with E-state index in [1.165, 1.54) is 4.90 Å². The van der Waals surface area contributed by atoms with Crippen LogP contribution >= 0.6 is 13.5 Å². The van der Waals surface area contributed by atoms with Crippen LogP contribution in [0.4, 0.5) is 0 Å². The molecule has 1 aromatic rings. The number of nitrogens with zero attached hydrogens (tertiary/aromatic N) is 4. The van der Waals surface area contributed by atoms with E-state index in [1.54, 1.807) is 18.8 Å². The first-order valence-electron chi connectivity index (χ1n) is 7.62. The standard InChI is InChI=1S/C14H26N6O3.H2S/c1-12-10-20(18-17-12)7-9-23-8-6-16-13(21)11-19(3)14(22)4-5-15-2;/h10,15H,4-9,11H2,1-3H3,(H,16,21);1H2. The quantitative estimate of drug-likeness (QED) is 0.486. The van der Waals surface area contributed by atoms with Crippen molar-refractivity contribution in [2.45, 2.75) is 19.9 Å². The zero-order valence-corrected chi connectivity index (χ0v) is 15.5. The number of hydrogen-bond acceptors (Lipinski definition) is 6. The van der Waals surface area contributed by atoms with Crippen LogP contribution in [-0.4, -0.2) is 78.7 Å². The van der Waals surface area contributed by atoms with E-state index in [0.717, 1.165) is 5.69 Å². The summed E-state index contributed by atoms with van der Waals surface area (Å²) in [6.45, 7) is 4.48. The number of carbonyl (C=O) groups is 2. The van der Waals surface area contributed by atoms with E-state index < -0.39 is 0 Å². The third kappa shape index (κ3) is 9.48. The fourth-order valence-corrected chi connectivity index (χ4v) is 1.81. The summed E-state index contributed by atoms with van der Waals surface area (Å²) in [5.41, 5.74) is 0.866. The number of nitrogens with one attached hydrogen (secondary N) is 2. The second-order valence-corrected chi connectivity index (χ2v) is 5.19. The van der Waals surface area contributed by atoms with Gasteiger partial charge in [0.05, 0.1) is 32.0 Å². The van der Waals surface area contributed by atoms with Crippen LogP contribution in [0.1, 0.15) is 12.1 Å². The summed E-state index contributed by atoms with van der Waals surface area (Å²) in [5, 5.41) is 13.4. The Hall–Kier alpha value is -1.65. The highest BCUT2D eigenvalue weighted by Crippen LogP contribution is 1.90. The van der Waals surface area contributed by atoms with Gasteiger partial charge in [0.25, 0.3) is 0 Å². The molecule has 2 amide bonds. The predicted molar refractivity (Wildman–Crippen MR) is 95.1 cm³/mol. The second-order valence-electron chi connectivity index (χ2n) is 5.19. The molecule has 1 rings (SSSR count). The smallest absolute Gasteiger partial charge is 0.239 e. The Morgan fingerprint density at radius 3 is 2.71 bits per heavy atom. The van der Waals surface area contributed by atoms with Gasteiger partial charge in [0.2, 0.25) is 11.8 Å². The summed E-state index contributed by atoms with van der Waals surface area (Å²) in [7, 11) is 3.40. The Bertz CT molecular complexity index is 497. The minimum atomic E-state index is -0.194. The molecule has 0 aromatic carbocycles. The number of amides is 2. The molecule has 0 unspecified atom stereocenters. The first-order valence-corrected chi connectivity index (χ1v) is 7.62. The average Bonchev–Trinajstić information content (AvgIpc) is 2.93. The molecule has 0 saturated carbocycles. The van der Waals surface area contributed by atoms with Gasteiger partial charge in [0.1, 0.15) is 0 Å². The minimum absolute atomic E-state index is 0. The maximum absolute atomic E-state index is 11.7. The van der Waals surface area contributed by atoms with E-state index in [0.29, 0.717) is 39.3 Å². The first-order chi connectivity index (χ1) is 11.0. The predicted octanol–water partition coefficient (Wildman–Crippen LogP) is -1.10. The van der Waals surface area contributed by atoms with Crippen LogP contribution in [0.3, 0.4) is 0 Å². The van der Waals surface area contributed by atoms with E-state index in [2.05, 4.69) is 20.9 Å². The van der Waals surface area contributed by atoms with Gasteiger partial charge in [0.15, 0.2) is 0 Å². The Balaban J connectivity index is 0.00000529. The lowest BCUT2D eigenvalue weighted by Crippen LogP contribution is -2.40. The lowest BCUT2D eigenvalue weighted by molar-refractivity contribution is -0.134. The van der Waals surface area contributed by atoms with Gasteiger partial charge in [-0.1, -0.05) is 5.21 Å². The van der Waals surface area contributed by atoms with Crippen molar-refractivity contribution in [3.05, 3.63) is 11.9 Å². The van der Waals surface area contributed by atoms with Crippen molar-refractivity contribution in [3.63, 3.8) is 0 Å². The Labute approximate surface area is 149 Å². The zero-order valence-electron chi connectivity index (χ0n) is 14.5. The molecule has 0 radical (unpaired) electrons. The number of carbonyl (C=O) groups excluding carboxylic acids is 2. The molecule has 0 atom stereocenters. The maximum atomic E-state index is 11.7. The molecule has 0 aliphatic rings. The van der Waals surface area contributed by atoms with Crippen LogP contribution in [0.25, 0.3) is 0 Å². The summed E-state index contributed by atoms with van der Waals surface area (Å²) in [6, 6.07) is 0. The van der Waals surface area contributed by atoms with Crippen LogP contribution in [-0.2, 0) is 20.9 Å². The third-order valence-electron chi connectivity index (χ3n) is 3.08. The zero-order chi connectivity index (χ0) is 17.1. The van der Waals surface area contributed by atoms with Crippen molar-refractivity contribution in [1.29, 1.82) is 0 Å². The van der Waals surface area contributed by atoms with E-state index in [1.807, 2.05) is 13.1 Å². The number of hydrogen-bond donors (Lipinski definition) is 2. The van der Waals surface area contributed by atoms with Crippen LogP contribution in [0, 0.1) is 6.92 Å². The molecule has 0 bridgehead atoms. The molecule has 9 nitrogen and oxygen atoms in total. The number of rotatable bonds is 11. The fourth-order valence-electron chi connectivity index (χ4n) is 1.81. The Morgan fingerprint density at radius 2 is 2.08 bits per heavy atom. The average molecular weight is 360 g/mol. The monoisotopic (exact) mass is 360 g/mol. The third-order valence-corrected chi connectivity index (χ3v) is 3.08. The van der Waals surface area contributed by atoms with Crippen molar-refractivity contribution >= 4 is 25.3 Å². The highest BCUT2D eigenvalue weighted by Gasteiger charge is 2.11. The van der Waals surface area contributed by atoms with Crippen molar-refractivity contribution in [1.82, 2.24) is 30.5 Å². The van der Waals surface area contributed by atoms with Gasteiger partial charge < -0.3 is 20.3 Å². The Morgan fingerprint density at radius 1 is 1.33 bits per heavy atom. The lowest BCUT2D eigenvalue weighted by Gasteiger charge is -2.16. The van der Waals surface area contributed by atoms with Crippen molar-refractivity contribution in [2.24, 2.45) is 0 Å². The second kappa shape index (κ2) is 12.7. The van der Waals surface area contributed by atoms with Gasteiger partial charge in [-0.05, 0) is 14.0 Å². The molecular formula is C14H28N6O3S. The molecule has 0 spiro atoms. The molecule has 1 heterocycles. The maximum Gasteiger partial charge on any atom is 0.239 e. The number of likely N-dealkylation sites (N-methyl/N-ethyl adjacent to an activating group) is 1. The summed E-state index contributed by atoms with van der Waals surface area (Å²) < 4.78 is 7.12. The molecule has 24 heavy (non-hydrogen) atoms. The van der Waals surface area contributed by atoms with Crippen molar-refractivity contribution in [2.75, 3.05) is 46.9 Å². The highest BCUT2D eigenvalue weighted by molar-refractivity contribution is 7.59. The van der Waals surface area contributed by atoms with Crippen molar-refractivity contribution < 1.29 is 14.3 Å². The number of aryl methyl sites for hydroxylation is 1. The van der Waals surface area contributed by atoms with Crippen LogP contribution in [0.15, 0.2) is 6.20 Å². The molecule has 0 fully saturated rings. The van der Waals surface area contributed by atoms with E-state index in [9.17, 15) is 9.59 Å². The van der Waals surface area contributed by atoms with Gasteiger partial charge in [-0.15, -0.1) is 5.10 Å². The molecular weight excluding hydrogens is 332 g/mol. The largest absolute Gasteiger partial charge is 0.378 e. The highest BCUT2D eigenvalue weighted by atomic mass is 32.1. The molecule has 1 aromatic heterocycles. The van der Waals surface area contributed by atoms with E-state index in [4.69, 9.17) is 4.74 Å². The summed E-state index contributed by atoms with van der Waals surface area (Å²) in [5.74, 6) is -0.255. The lowest BCUT2D eigenvalue weighted by atomic mass is 10.3. The minimum Gasteiger partial charge on any atom is -0.378 e. The van der Waals surface area contributed by atoms with Gasteiger partial charge in [-0.3, -0.25) is 9.59 Å². The number of aromatic nitrogens is 3. The van der Waals surface area contributed by atoms with Crippen LogP contribution < -0.4 is 10.6 Å². The Kier molecular flexibility index (Phi) is 11.9. The van der Waals surface area contributed by atoms with Gasteiger partial charge in [-0.2, -0.15) is 13.5 Å². The molecule has 2 N–H and O–H groups in total. The molecule has 0 saturated heterocycles. The molecule has 0 aliphatic carbocycles. The summed E-state index contributed by atoms with van der Waals surface area (Å²) >= 11 is 0. The first kappa shape index (κ1) is 22.4.